The fourth-order valence-corrected chi connectivity index (χ4v) is 20.9. The smallest absolute Gasteiger partial charge is 0.0212 e. The number of hydrogen-bond acceptors (Lipinski definition) is 14. The Morgan fingerprint density at radius 2 is 0.309 bits per heavy atom. The standard InChI is InChI=1S/C14H28N2.3C13H26N2.2C12H24N2.C11H22N2.8CH4/c1-12(2)15-8-5-14(6-9-15)7-10-16(11-14)13(3)4;1-11(2)14-7-5-13(9-14)6-8-15(10-13)12(3)4;1-11(2)14-7-5-13(6-8-14)9-15(10-13)12(3)4;1-11(2)14-7-5-6-13(8-14)9-15(10-13)12(3)4;1-9(2)13-5-11-7-14(10(3)4)8-12(11)6-13;1-10(2)13-6-5-12(7-13)8-14(9-12)11(3)4;1-9(2)12-5-11(6-12)7-13(8-11)10(3)4;;;;;;;;/h12-13H,5-11H2,1-4H3;3*11-12H,5-10H2,1-4H3;9-12H,5-8H2,1-4H3;10-11H,5-9H2,1-4H3;9-10H,5-8H2,1-4H3;8*1H4. The third-order valence-corrected chi connectivity index (χ3v) is 29.4. The molecule has 0 aromatic heterocycles. The minimum atomic E-state index is 0. The van der Waals surface area contributed by atoms with Gasteiger partial charge in [0.05, 0.1) is 0 Å². The van der Waals surface area contributed by atoms with E-state index in [4.69, 9.17) is 0 Å². The number of likely N-dealkylation sites (tertiary alicyclic amines) is 14. The molecule has 0 unspecified atom stereocenters. The second-order valence-corrected chi connectivity index (χ2v) is 41.8. The summed E-state index contributed by atoms with van der Waals surface area (Å²) in [6, 6.07) is 10.4. The molecule has 0 radical (unpaired) electrons. The zero-order chi connectivity index (χ0) is 75.2. The van der Waals surface area contributed by atoms with E-state index in [9.17, 15) is 0 Å². The van der Waals surface area contributed by atoms with Crippen molar-refractivity contribution < 1.29 is 0 Å². The maximum atomic E-state index is 2.67. The van der Waals surface area contributed by atoms with Crippen LogP contribution in [0.25, 0.3) is 0 Å². The van der Waals surface area contributed by atoms with Crippen LogP contribution < -0.4 is 0 Å². The predicted octanol–water partition coefficient (Wildman–Crippen LogP) is 19.2. The average Bonchev–Trinajstić information content (AvgIpc) is 1.03. The van der Waals surface area contributed by atoms with Gasteiger partial charge in [-0.1, -0.05) is 59.4 Å². The molecule has 0 atom stereocenters. The molecule has 6 spiro atoms. The second kappa shape index (κ2) is 46.9. The zero-order valence-electron chi connectivity index (χ0n) is 73.4. The fourth-order valence-electron chi connectivity index (χ4n) is 20.9. The van der Waals surface area contributed by atoms with Crippen LogP contribution in [0, 0.1) is 44.3 Å². The van der Waals surface area contributed by atoms with Gasteiger partial charge >= 0.3 is 0 Å². The highest BCUT2D eigenvalue weighted by Gasteiger charge is 2.54. The molecular weight excluding hydrogens is 1350 g/mol. The van der Waals surface area contributed by atoms with Gasteiger partial charge in [0.15, 0.2) is 0 Å². The summed E-state index contributed by atoms with van der Waals surface area (Å²) >= 11 is 0. The summed E-state index contributed by atoms with van der Waals surface area (Å²) in [6.07, 6.45) is 14.3. The topological polar surface area (TPSA) is 45.4 Å². The van der Waals surface area contributed by atoms with Gasteiger partial charge in [-0.3, -0.25) is 24.5 Å². The monoisotopic (exact) mass is 1560 g/mol. The molecule has 662 valence electrons. The van der Waals surface area contributed by atoms with Crippen LogP contribution in [0.5, 0.6) is 0 Å². The van der Waals surface area contributed by atoms with Crippen LogP contribution in [0.4, 0.5) is 0 Å². The molecule has 14 heteroatoms. The van der Waals surface area contributed by atoms with E-state index in [2.05, 4.69) is 262 Å². The second-order valence-electron chi connectivity index (χ2n) is 41.8. The Hall–Kier alpha value is -0.560. The molecule has 0 aromatic carbocycles. The maximum Gasteiger partial charge on any atom is 0.0212 e. The maximum absolute atomic E-state index is 2.67. The third-order valence-electron chi connectivity index (χ3n) is 29.4. The minimum Gasteiger partial charge on any atom is -0.301 e. The first kappa shape index (κ1) is 109. The molecular formula is C96H208N14. The summed E-state index contributed by atoms with van der Waals surface area (Å²) in [5, 5.41) is 0. The summed E-state index contributed by atoms with van der Waals surface area (Å²) in [7, 11) is 0. The molecule has 14 aliphatic heterocycles. The number of piperidine rings is 3. The average molecular weight is 1560 g/mol. The first-order valence-electron chi connectivity index (χ1n) is 44.1. The normalized spacial score (nSPS) is 26.6. The number of rotatable bonds is 14. The summed E-state index contributed by atoms with van der Waals surface area (Å²) in [4.78, 5) is 36.8. The van der Waals surface area contributed by atoms with Crippen molar-refractivity contribution in [1.82, 2.24) is 68.6 Å². The van der Waals surface area contributed by atoms with E-state index in [1.807, 2.05) is 0 Å². The Balaban J connectivity index is 0.00000125. The fraction of sp³-hybridized carbons (Fsp3) is 1.00. The van der Waals surface area contributed by atoms with Gasteiger partial charge in [-0.05, 0) is 345 Å². The molecule has 0 amide bonds. The molecule has 0 aliphatic carbocycles. The molecule has 110 heavy (non-hydrogen) atoms. The van der Waals surface area contributed by atoms with Crippen LogP contribution in [-0.4, -0.2) is 336 Å². The van der Waals surface area contributed by atoms with Crippen LogP contribution in [0.2, 0.25) is 0 Å². The van der Waals surface area contributed by atoms with E-state index in [-0.39, 0.29) is 59.4 Å². The molecule has 14 heterocycles. The van der Waals surface area contributed by atoms with Gasteiger partial charge in [0, 0.05) is 225 Å². The molecule has 14 nitrogen and oxygen atoms in total. The van der Waals surface area contributed by atoms with Gasteiger partial charge in [-0.25, -0.2) is 0 Å². The summed E-state index contributed by atoms with van der Waals surface area (Å²) in [6.45, 7) is 102. The number of fused-ring (bicyclic) bond motifs is 1. The highest BCUT2D eigenvalue weighted by Crippen LogP contribution is 2.47. The van der Waals surface area contributed by atoms with Crippen molar-refractivity contribution in [2.75, 3.05) is 183 Å². The van der Waals surface area contributed by atoms with Gasteiger partial charge < -0.3 is 44.1 Å². The summed E-state index contributed by atoms with van der Waals surface area (Å²) in [5.41, 5.74) is 4.07. The number of hydrogen-bond donors (Lipinski definition) is 0. The lowest BCUT2D eigenvalue weighted by Crippen LogP contribution is -2.73. The Morgan fingerprint density at radius 3 is 0.536 bits per heavy atom. The lowest BCUT2D eigenvalue weighted by Gasteiger charge is -2.62. The van der Waals surface area contributed by atoms with Crippen molar-refractivity contribution in [3.8, 4) is 0 Å². The van der Waals surface area contributed by atoms with Crippen molar-refractivity contribution >= 4 is 0 Å². The van der Waals surface area contributed by atoms with Crippen molar-refractivity contribution in [2.24, 2.45) is 44.3 Å². The molecule has 0 bridgehead atoms. The van der Waals surface area contributed by atoms with Crippen LogP contribution in [0.15, 0.2) is 0 Å². The molecule has 0 aromatic rings. The van der Waals surface area contributed by atoms with Crippen molar-refractivity contribution in [3.63, 3.8) is 0 Å². The van der Waals surface area contributed by atoms with Crippen molar-refractivity contribution in [3.05, 3.63) is 0 Å². The van der Waals surface area contributed by atoms with Gasteiger partial charge in [0.1, 0.15) is 0 Å². The molecule has 0 saturated carbocycles. The van der Waals surface area contributed by atoms with Gasteiger partial charge in [0.2, 0.25) is 0 Å². The highest BCUT2D eigenvalue weighted by atomic mass is 15.3. The van der Waals surface area contributed by atoms with Crippen molar-refractivity contribution in [1.29, 1.82) is 0 Å². The van der Waals surface area contributed by atoms with Crippen LogP contribution in [0.3, 0.4) is 0 Å². The van der Waals surface area contributed by atoms with E-state index in [1.54, 1.807) is 0 Å². The molecule has 14 saturated heterocycles. The van der Waals surface area contributed by atoms with E-state index in [0.717, 1.165) is 96.4 Å². The lowest BCUT2D eigenvalue weighted by atomic mass is 9.71. The highest BCUT2D eigenvalue weighted by molar-refractivity contribution is 5.08. The van der Waals surface area contributed by atoms with E-state index >= 15 is 0 Å². The van der Waals surface area contributed by atoms with Gasteiger partial charge in [0.25, 0.3) is 0 Å². The molecule has 14 aliphatic rings. The Kier molecular flexibility index (Phi) is 46.6. The third kappa shape index (κ3) is 28.8. The van der Waals surface area contributed by atoms with Crippen LogP contribution >= 0.6 is 0 Å². The van der Waals surface area contributed by atoms with Crippen LogP contribution in [0.1, 0.15) is 317 Å². The first-order valence-corrected chi connectivity index (χ1v) is 44.1. The number of nitrogens with zero attached hydrogens (tertiary/aromatic N) is 14. The largest absolute Gasteiger partial charge is 0.301 e. The molecule has 14 fully saturated rings. The quantitative estimate of drug-likeness (QED) is 0.166. The van der Waals surface area contributed by atoms with E-state index < -0.39 is 0 Å². The predicted molar refractivity (Wildman–Crippen MR) is 496 cm³/mol. The molecule has 0 N–H and O–H groups in total. The molecule has 14 rings (SSSR count). The first-order chi connectivity index (χ1) is 47.7. The Morgan fingerprint density at radius 1 is 0.155 bits per heavy atom. The van der Waals surface area contributed by atoms with Gasteiger partial charge in [-0.15, -0.1) is 0 Å². The summed E-state index contributed by atoms with van der Waals surface area (Å²) in [5.74, 6) is 1.92. The van der Waals surface area contributed by atoms with E-state index in [1.165, 1.54) is 247 Å². The Bertz CT molecular complexity index is 2290. The van der Waals surface area contributed by atoms with Gasteiger partial charge in [-0.2, -0.15) is 0 Å². The Labute approximate surface area is 694 Å². The van der Waals surface area contributed by atoms with Crippen molar-refractivity contribution in [2.45, 2.75) is 402 Å². The SMILES string of the molecule is C.C.C.C.C.C.C.C.CC(C)N1CC2(C1)CN(C(C)C)C2.CC(C)N1CC2CN(C(C)C)CC2C1.CC(C)N1CCC2(C1)CN(C(C)C)C2.CC(C)N1CCC2(CC1)CCN(C(C)C)C2.CC(C)N1CCC2(CC1)CN(C(C)C)C2.CC(C)N1CCC2(CCN(C(C)C)C2)C1.CC(C)N1CCCC2(C1)CN(C(C)C)C2. The summed E-state index contributed by atoms with van der Waals surface area (Å²) < 4.78 is 0. The van der Waals surface area contributed by atoms with E-state index in [0.29, 0.717) is 32.5 Å². The lowest BCUT2D eigenvalue weighted by molar-refractivity contribution is -0.135. The zero-order valence-corrected chi connectivity index (χ0v) is 73.4. The van der Waals surface area contributed by atoms with Crippen LogP contribution in [-0.2, 0) is 0 Å². The minimum absolute atomic E-state index is 0.